The molecule has 1 amide bonds. The van der Waals surface area contributed by atoms with E-state index in [0.29, 0.717) is 19.6 Å². The molecular formula is C10H18N2O3. The van der Waals surface area contributed by atoms with E-state index in [0.717, 1.165) is 6.42 Å². The average molecular weight is 214 g/mol. The van der Waals surface area contributed by atoms with E-state index in [1.165, 1.54) is 0 Å². The van der Waals surface area contributed by atoms with Crippen molar-refractivity contribution < 1.29 is 14.3 Å². The largest absolute Gasteiger partial charge is 0.465 e. The van der Waals surface area contributed by atoms with Crippen molar-refractivity contribution in [2.75, 3.05) is 13.2 Å². The van der Waals surface area contributed by atoms with Gasteiger partial charge in [-0.2, -0.15) is 0 Å². The number of hydrogen-bond donors (Lipinski definition) is 2. The fourth-order valence-electron chi connectivity index (χ4n) is 1.50. The Balaban J connectivity index is 2.19. The topological polar surface area (TPSA) is 67.4 Å². The van der Waals surface area contributed by atoms with Gasteiger partial charge in [-0.05, 0) is 20.3 Å². The molecule has 2 atom stereocenters. The molecule has 15 heavy (non-hydrogen) atoms. The van der Waals surface area contributed by atoms with Gasteiger partial charge in [0.15, 0.2) is 0 Å². The van der Waals surface area contributed by atoms with E-state index in [-0.39, 0.29) is 24.0 Å². The molecule has 2 unspecified atom stereocenters. The zero-order valence-corrected chi connectivity index (χ0v) is 9.21. The lowest BCUT2D eigenvalue weighted by molar-refractivity contribution is -0.145. The zero-order valence-electron chi connectivity index (χ0n) is 9.21. The van der Waals surface area contributed by atoms with Crippen LogP contribution in [0, 0.1) is 0 Å². The Morgan fingerprint density at radius 3 is 3.00 bits per heavy atom. The van der Waals surface area contributed by atoms with Crippen LogP contribution in [0.2, 0.25) is 0 Å². The van der Waals surface area contributed by atoms with Crippen LogP contribution in [0.15, 0.2) is 0 Å². The first-order chi connectivity index (χ1) is 7.13. The van der Waals surface area contributed by atoms with E-state index in [2.05, 4.69) is 10.6 Å². The molecule has 5 nitrogen and oxygen atoms in total. The fraction of sp³-hybridized carbons (Fsp3) is 0.800. The monoisotopic (exact) mass is 214 g/mol. The van der Waals surface area contributed by atoms with Crippen LogP contribution in [-0.4, -0.2) is 37.1 Å². The van der Waals surface area contributed by atoms with Gasteiger partial charge in [0.05, 0.1) is 6.61 Å². The third kappa shape index (κ3) is 3.87. The summed E-state index contributed by atoms with van der Waals surface area (Å²) >= 11 is 0. The first-order valence-electron chi connectivity index (χ1n) is 5.33. The van der Waals surface area contributed by atoms with Crippen LogP contribution in [-0.2, 0) is 14.3 Å². The predicted octanol–water partition coefficient (Wildman–Crippen LogP) is -0.194. The number of carbonyl (C=O) groups is 2. The Labute approximate surface area is 89.6 Å². The number of carbonyl (C=O) groups excluding carboxylic acids is 2. The van der Waals surface area contributed by atoms with Gasteiger partial charge in [-0.1, -0.05) is 0 Å². The van der Waals surface area contributed by atoms with Gasteiger partial charge in [-0.25, -0.2) is 0 Å². The maximum absolute atomic E-state index is 11.2. The number of rotatable bonds is 5. The van der Waals surface area contributed by atoms with Gasteiger partial charge >= 0.3 is 5.97 Å². The maximum atomic E-state index is 11.2. The molecule has 0 aromatic rings. The van der Waals surface area contributed by atoms with E-state index >= 15 is 0 Å². The third-order valence-electron chi connectivity index (χ3n) is 2.40. The maximum Gasteiger partial charge on any atom is 0.322 e. The van der Waals surface area contributed by atoms with Gasteiger partial charge in [-0.3, -0.25) is 9.59 Å². The van der Waals surface area contributed by atoms with Crippen LogP contribution < -0.4 is 10.6 Å². The molecule has 0 bridgehead atoms. The molecule has 0 aliphatic carbocycles. The molecule has 0 spiro atoms. The lowest BCUT2D eigenvalue weighted by atomic mass is 10.2. The Morgan fingerprint density at radius 2 is 2.47 bits per heavy atom. The van der Waals surface area contributed by atoms with Crippen molar-refractivity contribution in [3.05, 3.63) is 0 Å². The number of nitrogens with one attached hydrogen (secondary N) is 2. The minimum Gasteiger partial charge on any atom is -0.465 e. The van der Waals surface area contributed by atoms with E-state index in [9.17, 15) is 9.59 Å². The molecule has 0 saturated carbocycles. The first kappa shape index (κ1) is 12.0. The number of ether oxygens (including phenoxy) is 1. The molecular weight excluding hydrogens is 196 g/mol. The molecule has 0 aromatic heterocycles. The quantitative estimate of drug-likeness (QED) is 0.622. The highest BCUT2D eigenvalue weighted by Gasteiger charge is 2.22. The normalized spacial score (nSPS) is 22.3. The minimum atomic E-state index is -0.317. The second-order valence-electron chi connectivity index (χ2n) is 3.69. The van der Waals surface area contributed by atoms with E-state index in [1.54, 1.807) is 13.8 Å². The molecule has 1 aliphatic heterocycles. The summed E-state index contributed by atoms with van der Waals surface area (Å²) < 4.78 is 4.85. The third-order valence-corrected chi connectivity index (χ3v) is 2.40. The zero-order chi connectivity index (χ0) is 11.3. The van der Waals surface area contributed by atoms with Crippen LogP contribution in [0.4, 0.5) is 0 Å². The second-order valence-corrected chi connectivity index (χ2v) is 3.69. The van der Waals surface area contributed by atoms with E-state index < -0.39 is 0 Å². The van der Waals surface area contributed by atoms with Crippen LogP contribution in [0.5, 0.6) is 0 Å². The Bertz CT molecular complexity index is 243. The van der Waals surface area contributed by atoms with Crippen molar-refractivity contribution >= 4 is 11.9 Å². The van der Waals surface area contributed by atoms with Crippen molar-refractivity contribution in [1.29, 1.82) is 0 Å². The molecule has 1 heterocycles. The molecule has 0 aromatic carbocycles. The highest BCUT2D eigenvalue weighted by molar-refractivity contribution is 5.78. The molecule has 1 saturated heterocycles. The fourth-order valence-corrected chi connectivity index (χ4v) is 1.50. The van der Waals surface area contributed by atoms with Gasteiger partial charge in [0.25, 0.3) is 0 Å². The lowest BCUT2D eigenvalue weighted by Gasteiger charge is -2.15. The van der Waals surface area contributed by atoms with Gasteiger partial charge < -0.3 is 15.4 Å². The van der Waals surface area contributed by atoms with Crippen LogP contribution in [0.1, 0.15) is 26.7 Å². The molecule has 86 valence electrons. The summed E-state index contributed by atoms with van der Waals surface area (Å²) in [6, 6.07) is -0.170. The average Bonchev–Trinajstić information content (AvgIpc) is 2.61. The summed E-state index contributed by atoms with van der Waals surface area (Å²) in [6.45, 7) is 4.55. The van der Waals surface area contributed by atoms with E-state index in [1.807, 2.05) is 0 Å². The van der Waals surface area contributed by atoms with Crippen molar-refractivity contribution in [2.45, 2.75) is 38.8 Å². The van der Waals surface area contributed by atoms with Gasteiger partial charge in [0, 0.05) is 19.0 Å². The smallest absolute Gasteiger partial charge is 0.322 e. The molecule has 1 rings (SSSR count). The Morgan fingerprint density at radius 1 is 1.73 bits per heavy atom. The van der Waals surface area contributed by atoms with Crippen molar-refractivity contribution in [3.8, 4) is 0 Å². The molecule has 5 heteroatoms. The van der Waals surface area contributed by atoms with Crippen LogP contribution in [0.25, 0.3) is 0 Å². The van der Waals surface area contributed by atoms with Crippen LogP contribution in [0.3, 0.4) is 0 Å². The first-order valence-corrected chi connectivity index (χ1v) is 5.33. The number of amides is 1. The number of hydrogen-bond acceptors (Lipinski definition) is 4. The van der Waals surface area contributed by atoms with Crippen molar-refractivity contribution in [1.82, 2.24) is 10.6 Å². The summed E-state index contributed by atoms with van der Waals surface area (Å²) in [7, 11) is 0. The molecule has 2 N–H and O–H groups in total. The Hall–Kier alpha value is -1.10. The van der Waals surface area contributed by atoms with Gasteiger partial charge in [0.1, 0.15) is 6.04 Å². The molecule has 1 fully saturated rings. The van der Waals surface area contributed by atoms with Crippen LogP contribution >= 0.6 is 0 Å². The second kappa shape index (κ2) is 5.70. The summed E-state index contributed by atoms with van der Waals surface area (Å²) in [5, 5.41) is 5.87. The standard InChI is InChI=1S/C10H18N2O3/c1-3-15-10(14)7(2)11-6-8-4-5-9(13)12-8/h7-8,11H,3-6H2,1-2H3,(H,12,13). The van der Waals surface area contributed by atoms with Crippen molar-refractivity contribution in [2.24, 2.45) is 0 Å². The lowest BCUT2D eigenvalue weighted by Crippen LogP contribution is -2.43. The highest BCUT2D eigenvalue weighted by Crippen LogP contribution is 2.05. The molecule has 1 aliphatic rings. The van der Waals surface area contributed by atoms with Crippen molar-refractivity contribution in [3.63, 3.8) is 0 Å². The summed E-state index contributed by atoms with van der Waals surface area (Å²) in [5.41, 5.74) is 0. The Kier molecular flexibility index (Phi) is 4.55. The van der Waals surface area contributed by atoms with E-state index in [4.69, 9.17) is 4.74 Å². The summed E-state index contributed by atoms with van der Waals surface area (Å²) in [5.74, 6) is -0.160. The van der Waals surface area contributed by atoms with Gasteiger partial charge in [0.2, 0.25) is 5.91 Å². The SMILES string of the molecule is CCOC(=O)C(C)NCC1CCC(=O)N1. The summed E-state index contributed by atoms with van der Waals surface area (Å²) in [4.78, 5) is 22.1. The van der Waals surface area contributed by atoms with Gasteiger partial charge in [-0.15, -0.1) is 0 Å². The summed E-state index contributed by atoms with van der Waals surface area (Å²) in [6.07, 6.45) is 1.42. The number of esters is 1. The highest BCUT2D eigenvalue weighted by atomic mass is 16.5. The molecule has 0 radical (unpaired) electrons. The minimum absolute atomic E-state index is 0.0885. The predicted molar refractivity (Wildman–Crippen MR) is 55.3 cm³/mol.